The van der Waals surface area contributed by atoms with Gasteiger partial charge in [0.05, 0.1) is 4.90 Å². The monoisotopic (exact) mass is 246 g/mol. The van der Waals surface area contributed by atoms with E-state index in [-0.39, 0.29) is 5.21 Å². The van der Waals surface area contributed by atoms with Crippen LogP contribution >= 0.6 is 11.6 Å². The first-order valence-electron chi connectivity index (χ1n) is 4.98. The van der Waals surface area contributed by atoms with Gasteiger partial charge in [0.2, 0.25) is 0 Å². The van der Waals surface area contributed by atoms with Crippen LogP contribution in [0.1, 0.15) is 25.3 Å². The molecule has 84 valence electrons. The highest BCUT2D eigenvalue weighted by Crippen LogP contribution is 2.14. The van der Waals surface area contributed by atoms with Crippen molar-refractivity contribution in [2.75, 3.05) is 5.21 Å². The Morgan fingerprint density at radius 1 is 1.20 bits per heavy atom. The molecule has 0 saturated heterocycles. The standard InChI is InChI=1S/C11H15ClO2S/c1-2-3-4-10-5-7-11(8-6-10)15(13,14)9-12/h5-8H,2-4,9H2,1H3. The van der Waals surface area contributed by atoms with E-state index in [1.54, 1.807) is 12.1 Å². The average Bonchev–Trinajstić information content (AvgIpc) is 2.27. The van der Waals surface area contributed by atoms with Gasteiger partial charge in [0, 0.05) is 0 Å². The minimum Gasteiger partial charge on any atom is -0.222 e. The van der Waals surface area contributed by atoms with Crippen molar-refractivity contribution in [3.63, 3.8) is 0 Å². The van der Waals surface area contributed by atoms with Gasteiger partial charge in [0.1, 0.15) is 5.21 Å². The van der Waals surface area contributed by atoms with Gasteiger partial charge in [-0.3, -0.25) is 0 Å². The van der Waals surface area contributed by atoms with Crippen molar-refractivity contribution in [2.45, 2.75) is 31.1 Å². The average molecular weight is 247 g/mol. The second kappa shape index (κ2) is 5.52. The molecule has 1 aromatic carbocycles. The van der Waals surface area contributed by atoms with Crippen LogP contribution in [0.2, 0.25) is 0 Å². The Labute approximate surface area is 96.2 Å². The first-order valence-corrected chi connectivity index (χ1v) is 7.16. The van der Waals surface area contributed by atoms with Crippen LogP contribution < -0.4 is 0 Å². The predicted molar refractivity (Wildman–Crippen MR) is 63.0 cm³/mol. The number of halogens is 1. The molecule has 0 aliphatic heterocycles. The fraction of sp³-hybridized carbons (Fsp3) is 0.455. The molecule has 0 bridgehead atoms. The molecule has 0 unspecified atom stereocenters. The molecule has 0 spiro atoms. The molecule has 2 nitrogen and oxygen atoms in total. The maximum atomic E-state index is 11.4. The van der Waals surface area contributed by atoms with E-state index < -0.39 is 9.84 Å². The number of alkyl halides is 1. The quantitative estimate of drug-likeness (QED) is 0.749. The molecule has 15 heavy (non-hydrogen) atoms. The minimum absolute atomic E-state index is 0.303. The highest BCUT2D eigenvalue weighted by atomic mass is 35.5. The van der Waals surface area contributed by atoms with Crippen LogP contribution in [-0.2, 0) is 16.3 Å². The molecule has 0 aromatic heterocycles. The molecular weight excluding hydrogens is 232 g/mol. The lowest BCUT2D eigenvalue weighted by Crippen LogP contribution is -2.01. The second-order valence-corrected chi connectivity index (χ2v) is 6.05. The second-order valence-electron chi connectivity index (χ2n) is 3.47. The summed E-state index contributed by atoms with van der Waals surface area (Å²) in [6.07, 6.45) is 3.26. The molecule has 4 heteroatoms. The molecular formula is C11H15ClO2S. The minimum atomic E-state index is -3.27. The fourth-order valence-electron chi connectivity index (χ4n) is 1.31. The number of hydrogen-bond acceptors (Lipinski definition) is 2. The summed E-state index contributed by atoms with van der Waals surface area (Å²) in [6, 6.07) is 6.97. The Morgan fingerprint density at radius 3 is 2.27 bits per heavy atom. The molecule has 0 N–H and O–H groups in total. The van der Waals surface area contributed by atoms with Gasteiger partial charge in [0.15, 0.2) is 9.84 Å². The van der Waals surface area contributed by atoms with Gasteiger partial charge < -0.3 is 0 Å². The van der Waals surface area contributed by atoms with E-state index in [4.69, 9.17) is 11.6 Å². The molecule has 0 atom stereocenters. The van der Waals surface area contributed by atoms with E-state index in [0.29, 0.717) is 4.90 Å². The summed E-state index contributed by atoms with van der Waals surface area (Å²) in [5, 5.41) is -0.360. The van der Waals surface area contributed by atoms with Crippen molar-refractivity contribution in [3.8, 4) is 0 Å². The Bertz CT molecular complexity index is 395. The molecule has 0 radical (unpaired) electrons. The zero-order valence-electron chi connectivity index (χ0n) is 8.74. The molecule has 0 aliphatic carbocycles. The summed E-state index contributed by atoms with van der Waals surface area (Å²) in [7, 11) is -3.27. The molecule has 0 aliphatic rings. The van der Waals surface area contributed by atoms with Crippen molar-refractivity contribution in [1.29, 1.82) is 0 Å². The van der Waals surface area contributed by atoms with Crippen LogP contribution in [0.3, 0.4) is 0 Å². The van der Waals surface area contributed by atoms with Crippen LogP contribution in [0.25, 0.3) is 0 Å². The van der Waals surface area contributed by atoms with Crippen molar-refractivity contribution >= 4 is 21.4 Å². The number of sulfone groups is 1. The SMILES string of the molecule is CCCCc1ccc(S(=O)(=O)CCl)cc1. The Kier molecular flexibility index (Phi) is 4.61. The molecule has 0 amide bonds. The lowest BCUT2D eigenvalue weighted by molar-refractivity contribution is 0.600. The van der Waals surface area contributed by atoms with Crippen LogP contribution in [0, 0.1) is 0 Å². The van der Waals surface area contributed by atoms with Crippen LogP contribution in [0.5, 0.6) is 0 Å². The molecule has 0 fully saturated rings. The molecule has 0 heterocycles. The van der Waals surface area contributed by atoms with Crippen molar-refractivity contribution < 1.29 is 8.42 Å². The van der Waals surface area contributed by atoms with E-state index in [2.05, 4.69) is 6.92 Å². The smallest absolute Gasteiger partial charge is 0.192 e. The highest BCUT2D eigenvalue weighted by molar-refractivity contribution is 7.92. The first kappa shape index (κ1) is 12.5. The fourth-order valence-corrected chi connectivity index (χ4v) is 2.36. The van der Waals surface area contributed by atoms with Gasteiger partial charge in [-0.05, 0) is 30.5 Å². The maximum Gasteiger partial charge on any atom is 0.192 e. The van der Waals surface area contributed by atoms with Gasteiger partial charge in [-0.15, -0.1) is 11.6 Å². The Balaban J connectivity index is 2.81. The number of unbranched alkanes of at least 4 members (excludes halogenated alkanes) is 1. The lowest BCUT2D eigenvalue weighted by atomic mass is 10.1. The van der Waals surface area contributed by atoms with Crippen molar-refractivity contribution in [3.05, 3.63) is 29.8 Å². The summed E-state index contributed by atoms with van der Waals surface area (Å²) in [5.41, 5.74) is 1.17. The van der Waals surface area contributed by atoms with E-state index >= 15 is 0 Å². The highest BCUT2D eigenvalue weighted by Gasteiger charge is 2.11. The normalized spacial score (nSPS) is 11.6. The summed E-state index contributed by atoms with van der Waals surface area (Å²) >= 11 is 5.36. The van der Waals surface area contributed by atoms with Gasteiger partial charge in [0.25, 0.3) is 0 Å². The van der Waals surface area contributed by atoms with Crippen LogP contribution in [0.4, 0.5) is 0 Å². The summed E-state index contributed by atoms with van der Waals surface area (Å²) in [6.45, 7) is 2.13. The van der Waals surface area contributed by atoms with Gasteiger partial charge in [-0.25, -0.2) is 8.42 Å². The predicted octanol–water partition coefficient (Wildman–Crippen LogP) is 3.00. The van der Waals surface area contributed by atoms with Crippen molar-refractivity contribution in [2.24, 2.45) is 0 Å². The molecule has 1 rings (SSSR count). The van der Waals surface area contributed by atoms with Crippen LogP contribution in [0.15, 0.2) is 29.2 Å². The number of hydrogen-bond donors (Lipinski definition) is 0. The zero-order chi connectivity index (χ0) is 11.3. The Hall–Kier alpha value is -0.540. The zero-order valence-corrected chi connectivity index (χ0v) is 10.3. The first-order chi connectivity index (χ1) is 7.10. The summed E-state index contributed by atoms with van der Waals surface area (Å²) in [5.74, 6) is 0. The topological polar surface area (TPSA) is 34.1 Å². The molecule has 1 aromatic rings. The Morgan fingerprint density at radius 2 is 1.80 bits per heavy atom. The third kappa shape index (κ3) is 3.50. The maximum absolute atomic E-state index is 11.4. The third-order valence-corrected chi connectivity index (χ3v) is 4.38. The molecule has 0 saturated carbocycles. The van der Waals surface area contributed by atoms with E-state index in [1.807, 2.05) is 12.1 Å². The van der Waals surface area contributed by atoms with E-state index in [0.717, 1.165) is 19.3 Å². The summed E-state index contributed by atoms with van der Waals surface area (Å²) < 4.78 is 22.8. The van der Waals surface area contributed by atoms with Crippen LogP contribution in [-0.4, -0.2) is 13.6 Å². The number of benzene rings is 1. The van der Waals surface area contributed by atoms with E-state index in [9.17, 15) is 8.42 Å². The van der Waals surface area contributed by atoms with E-state index in [1.165, 1.54) is 5.56 Å². The summed E-state index contributed by atoms with van der Waals surface area (Å²) in [4.78, 5) is 0.303. The lowest BCUT2D eigenvalue weighted by Gasteiger charge is -2.02. The third-order valence-electron chi connectivity index (χ3n) is 2.25. The number of rotatable bonds is 5. The number of aryl methyl sites for hydroxylation is 1. The largest absolute Gasteiger partial charge is 0.222 e. The van der Waals surface area contributed by atoms with Crippen molar-refractivity contribution in [1.82, 2.24) is 0 Å². The van der Waals surface area contributed by atoms with Gasteiger partial charge >= 0.3 is 0 Å². The van der Waals surface area contributed by atoms with Gasteiger partial charge in [-0.2, -0.15) is 0 Å². The van der Waals surface area contributed by atoms with Gasteiger partial charge in [-0.1, -0.05) is 25.5 Å².